The van der Waals surface area contributed by atoms with E-state index in [9.17, 15) is 4.79 Å². The van der Waals surface area contributed by atoms with Crippen molar-refractivity contribution in [3.63, 3.8) is 0 Å². The van der Waals surface area contributed by atoms with Crippen molar-refractivity contribution >= 4 is 5.91 Å². The highest BCUT2D eigenvalue weighted by Crippen LogP contribution is 2.26. The number of carbonyl (C=O) groups excluding carboxylic acids is 1. The normalized spacial score (nSPS) is 19.4. The minimum absolute atomic E-state index is 0.0882. The highest BCUT2D eigenvalue weighted by atomic mass is 16.5. The van der Waals surface area contributed by atoms with Gasteiger partial charge in [0.15, 0.2) is 5.60 Å². The number of pyridine rings is 2. The second-order valence-corrected chi connectivity index (χ2v) is 7.61. The van der Waals surface area contributed by atoms with Crippen LogP contribution in [0, 0.1) is 0 Å². The fourth-order valence-electron chi connectivity index (χ4n) is 3.97. The molecule has 0 aliphatic carbocycles. The van der Waals surface area contributed by atoms with Crippen LogP contribution in [-0.2, 0) is 22.5 Å². The van der Waals surface area contributed by atoms with E-state index in [0.29, 0.717) is 19.6 Å². The Labute approximate surface area is 176 Å². The van der Waals surface area contributed by atoms with Crippen LogP contribution in [0.5, 0.6) is 0 Å². The molecule has 0 unspecified atom stereocenters. The summed E-state index contributed by atoms with van der Waals surface area (Å²) in [5.74, 6) is -0.0882. The average Bonchev–Trinajstić information content (AvgIpc) is 2.80. The molecule has 3 aromatic rings. The first-order chi connectivity index (χ1) is 14.7. The molecule has 1 aliphatic rings. The summed E-state index contributed by atoms with van der Waals surface area (Å²) in [6, 6.07) is 16.2. The quantitative estimate of drug-likeness (QED) is 0.687. The molecule has 0 saturated carbocycles. The van der Waals surface area contributed by atoms with Gasteiger partial charge in [0.2, 0.25) is 0 Å². The molecule has 1 N–H and O–H groups in total. The lowest BCUT2D eigenvalue weighted by molar-refractivity contribution is -0.160. The van der Waals surface area contributed by atoms with Crippen molar-refractivity contribution in [3.05, 3.63) is 84.4 Å². The maximum Gasteiger partial charge on any atom is 0.253 e. The van der Waals surface area contributed by atoms with Crippen LogP contribution in [0.1, 0.15) is 11.1 Å². The van der Waals surface area contributed by atoms with Crippen LogP contribution in [0.2, 0.25) is 0 Å². The van der Waals surface area contributed by atoms with Crippen molar-refractivity contribution in [1.29, 1.82) is 0 Å². The monoisotopic (exact) mass is 402 g/mol. The molecule has 0 spiro atoms. The number of rotatable bonds is 6. The summed E-state index contributed by atoms with van der Waals surface area (Å²) in [6.45, 7) is 2.58. The Balaban J connectivity index is 1.52. The number of likely N-dealkylation sites (N-methyl/N-ethyl adjacent to an activating group) is 1. The van der Waals surface area contributed by atoms with Gasteiger partial charge in [-0.05, 0) is 34.4 Å². The van der Waals surface area contributed by atoms with E-state index in [0.717, 1.165) is 35.3 Å². The van der Waals surface area contributed by atoms with E-state index < -0.39 is 5.60 Å². The molecule has 1 aliphatic heterocycles. The minimum atomic E-state index is -0.912. The highest BCUT2D eigenvalue weighted by molar-refractivity contribution is 5.86. The van der Waals surface area contributed by atoms with Crippen LogP contribution in [0.15, 0.2) is 73.3 Å². The van der Waals surface area contributed by atoms with Crippen LogP contribution in [0.4, 0.5) is 0 Å². The predicted molar refractivity (Wildman–Crippen MR) is 116 cm³/mol. The Bertz CT molecular complexity index is 964. The van der Waals surface area contributed by atoms with E-state index in [1.807, 2.05) is 30.6 Å². The molecule has 154 valence electrons. The van der Waals surface area contributed by atoms with Crippen LogP contribution >= 0.6 is 0 Å². The van der Waals surface area contributed by atoms with Gasteiger partial charge in [0, 0.05) is 57.9 Å². The number of ether oxygens (including phenoxy) is 1. The number of carbonyl (C=O) groups is 1. The summed E-state index contributed by atoms with van der Waals surface area (Å²) < 4.78 is 6.13. The van der Waals surface area contributed by atoms with E-state index >= 15 is 0 Å². The maximum absolute atomic E-state index is 12.9. The average molecular weight is 402 g/mol. The lowest BCUT2D eigenvalue weighted by atomic mass is 9.90. The third kappa shape index (κ3) is 4.56. The molecule has 2 aromatic heterocycles. The first-order valence-corrected chi connectivity index (χ1v) is 10.2. The Hall–Kier alpha value is -3.09. The zero-order valence-corrected chi connectivity index (χ0v) is 17.1. The van der Waals surface area contributed by atoms with Crippen molar-refractivity contribution in [3.8, 4) is 11.1 Å². The van der Waals surface area contributed by atoms with Crippen molar-refractivity contribution in [1.82, 2.24) is 20.2 Å². The van der Waals surface area contributed by atoms with Crippen LogP contribution < -0.4 is 5.32 Å². The molecule has 0 bridgehead atoms. The molecule has 3 heterocycles. The van der Waals surface area contributed by atoms with Gasteiger partial charge in [-0.25, -0.2) is 0 Å². The Morgan fingerprint density at radius 3 is 2.47 bits per heavy atom. The van der Waals surface area contributed by atoms with Gasteiger partial charge in [-0.3, -0.25) is 19.7 Å². The standard InChI is InChI=1S/C24H26N4O2/c1-25-23(29)24(18-28(12-13-30-24)17-20-4-2-10-26-15-20)14-19-6-8-21(9-7-19)22-5-3-11-27-16-22/h2-11,15-16H,12-14,17-18H2,1H3,(H,25,29)/t24-/m1/s1. The number of nitrogens with zero attached hydrogens (tertiary/aromatic N) is 3. The van der Waals surface area contributed by atoms with E-state index in [4.69, 9.17) is 4.74 Å². The van der Waals surface area contributed by atoms with Crippen molar-refractivity contribution in [2.45, 2.75) is 18.6 Å². The lowest BCUT2D eigenvalue weighted by Crippen LogP contribution is -2.60. The first kappa shape index (κ1) is 20.2. The molecule has 1 fully saturated rings. The van der Waals surface area contributed by atoms with Gasteiger partial charge in [0.05, 0.1) is 6.61 Å². The number of hydrogen-bond donors (Lipinski definition) is 1. The molecule has 0 radical (unpaired) electrons. The second-order valence-electron chi connectivity index (χ2n) is 7.61. The summed E-state index contributed by atoms with van der Waals surface area (Å²) >= 11 is 0. The topological polar surface area (TPSA) is 67.4 Å². The summed E-state index contributed by atoms with van der Waals surface area (Å²) in [5, 5.41) is 2.81. The minimum Gasteiger partial charge on any atom is -0.362 e. The van der Waals surface area contributed by atoms with E-state index in [1.54, 1.807) is 19.4 Å². The largest absolute Gasteiger partial charge is 0.362 e. The lowest BCUT2D eigenvalue weighted by Gasteiger charge is -2.41. The second kappa shape index (κ2) is 9.15. The van der Waals surface area contributed by atoms with Gasteiger partial charge in [-0.15, -0.1) is 0 Å². The molecule has 1 saturated heterocycles. The number of amides is 1. The molecule has 30 heavy (non-hydrogen) atoms. The van der Waals surface area contributed by atoms with Gasteiger partial charge in [-0.2, -0.15) is 0 Å². The molecule has 4 rings (SSSR count). The van der Waals surface area contributed by atoms with Crippen molar-refractivity contribution in [2.75, 3.05) is 26.7 Å². The summed E-state index contributed by atoms with van der Waals surface area (Å²) in [5.41, 5.74) is 3.45. The number of hydrogen-bond acceptors (Lipinski definition) is 5. The number of benzene rings is 1. The zero-order valence-electron chi connectivity index (χ0n) is 17.1. The molecule has 1 aromatic carbocycles. The first-order valence-electron chi connectivity index (χ1n) is 10.2. The Morgan fingerprint density at radius 1 is 1.03 bits per heavy atom. The SMILES string of the molecule is CNC(=O)[C@@]1(Cc2ccc(-c3cccnc3)cc2)CN(Cc2cccnc2)CCO1. The van der Waals surface area contributed by atoms with Gasteiger partial charge in [0.25, 0.3) is 5.91 Å². The maximum atomic E-state index is 12.9. The summed E-state index contributed by atoms with van der Waals surface area (Å²) in [6.07, 6.45) is 7.77. The molecular weight excluding hydrogens is 376 g/mol. The Morgan fingerprint density at radius 2 is 1.80 bits per heavy atom. The van der Waals surface area contributed by atoms with Crippen molar-refractivity contribution < 1.29 is 9.53 Å². The van der Waals surface area contributed by atoms with Gasteiger partial charge < -0.3 is 10.1 Å². The highest BCUT2D eigenvalue weighted by Gasteiger charge is 2.43. The van der Waals surface area contributed by atoms with Gasteiger partial charge in [-0.1, -0.05) is 36.4 Å². The summed E-state index contributed by atoms with van der Waals surface area (Å²) in [4.78, 5) is 23.5. The number of morpholine rings is 1. The Kier molecular flexibility index (Phi) is 6.16. The van der Waals surface area contributed by atoms with E-state index in [2.05, 4.69) is 50.5 Å². The van der Waals surface area contributed by atoms with Gasteiger partial charge in [0.1, 0.15) is 0 Å². The van der Waals surface area contributed by atoms with Crippen molar-refractivity contribution in [2.24, 2.45) is 0 Å². The summed E-state index contributed by atoms with van der Waals surface area (Å²) in [7, 11) is 1.67. The fourth-order valence-corrected chi connectivity index (χ4v) is 3.97. The van der Waals surface area contributed by atoms with Crippen LogP contribution in [0.3, 0.4) is 0 Å². The fraction of sp³-hybridized carbons (Fsp3) is 0.292. The number of nitrogens with one attached hydrogen (secondary N) is 1. The number of aromatic nitrogens is 2. The zero-order chi connectivity index (χ0) is 20.8. The van der Waals surface area contributed by atoms with Crippen LogP contribution in [0.25, 0.3) is 11.1 Å². The van der Waals surface area contributed by atoms with Gasteiger partial charge >= 0.3 is 0 Å². The molecule has 6 heteroatoms. The van der Waals surface area contributed by atoms with E-state index in [1.165, 1.54) is 0 Å². The molecular formula is C24H26N4O2. The third-order valence-corrected chi connectivity index (χ3v) is 5.47. The molecule has 6 nitrogen and oxygen atoms in total. The smallest absolute Gasteiger partial charge is 0.253 e. The third-order valence-electron chi connectivity index (χ3n) is 5.47. The van der Waals surface area contributed by atoms with E-state index in [-0.39, 0.29) is 5.91 Å². The molecule has 1 atom stereocenters. The predicted octanol–water partition coefficient (Wildman–Crippen LogP) is 2.70. The molecule has 1 amide bonds. The van der Waals surface area contributed by atoms with Crippen LogP contribution in [-0.4, -0.2) is 53.1 Å².